The van der Waals surface area contributed by atoms with Crippen molar-refractivity contribution in [3.05, 3.63) is 54.4 Å². The molecular weight excluding hydrogens is 449 g/mol. The molecule has 5 heteroatoms. The molecule has 2 rings (SSSR count). The molecule has 84 valence electrons. The van der Waals surface area contributed by atoms with Crippen molar-refractivity contribution in [1.82, 2.24) is 0 Å². The topological polar surface area (TPSA) is 39.2 Å². The largest absolute Gasteiger partial charge is 0.466 e. The lowest BCUT2D eigenvalue weighted by Crippen LogP contribution is -2.12. The molecule has 0 bridgehead atoms. The lowest BCUT2D eigenvalue weighted by Gasteiger charge is -2.12. The second kappa shape index (κ2) is 5.20. The van der Waals surface area contributed by atoms with Crippen molar-refractivity contribution in [1.29, 1.82) is 0 Å². The molecule has 1 heterocycles. The summed E-state index contributed by atoms with van der Waals surface area (Å²) in [5.41, 5.74) is 7.19. The van der Waals surface area contributed by atoms with Crippen LogP contribution in [0.2, 0.25) is 0 Å². The third-order valence-corrected chi connectivity index (χ3v) is 4.27. The zero-order valence-electron chi connectivity index (χ0n) is 8.08. The van der Waals surface area contributed by atoms with E-state index in [1.165, 1.54) is 0 Å². The van der Waals surface area contributed by atoms with Gasteiger partial charge < -0.3 is 10.2 Å². The van der Waals surface area contributed by atoms with Gasteiger partial charge in [-0.2, -0.15) is 0 Å². The third-order valence-electron chi connectivity index (χ3n) is 2.22. The third kappa shape index (κ3) is 2.52. The summed E-state index contributed by atoms with van der Waals surface area (Å²) < 4.78 is 8.41. The van der Waals surface area contributed by atoms with Crippen molar-refractivity contribution in [2.24, 2.45) is 5.73 Å². The Morgan fingerprint density at radius 2 is 1.94 bits per heavy atom. The van der Waals surface area contributed by atoms with Gasteiger partial charge in [-0.05, 0) is 68.3 Å². The number of hydrogen-bond donors (Lipinski definition) is 1. The number of nitrogens with two attached hydrogens (primary N) is 1. The van der Waals surface area contributed by atoms with Gasteiger partial charge in [0, 0.05) is 8.04 Å². The summed E-state index contributed by atoms with van der Waals surface area (Å²) >= 11 is 9.18. The molecule has 0 radical (unpaired) electrons. The maximum atomic E-state index is 6.17. The minimum absolute atomic E-state index is 0.270. The van der Waals surface area contributed by atoms with Crippen LogP contribution in [0.5, 0.6) is 0 Å². The van der Waals surface area contributed by atoms with E-state index >= 15 is 0 Å². The molecule has 2 aromatic rings. The molecule has 0 aliphatic rings. The molecule has 1 unspecified atom stereocenters. The van der Waals surface area contributed by atoms with Crippen molar-refractivity contribution in [3.8, 4) is 0 Å². The van der Waals surface area contributed by atoms with Crippen LogP contribution in [0.3, 0.4) is 0 Å². The molecule has 0 fully saturated rings. The maximum Gasteiger partial charge on any atom is 0.139 e. The zero-order valence-corrected chi connectivity index (χ0v) is 13.4. The van der Waals surface area contributed by atoms with E-state index < -0.39 is 0 Å². The molecule has 0 aliphatic carbocycles. The highest BCUT2D eigenvalue weighted by Gasteiger charge is 2.18. The van der Waals surface area contributed by atoms with Crippen LogP contribution in [0.1, 0.15) is 17.4 Å². The van der Waals surface area contributed by atoms with Crippen molar-refractivity contribution >= 4 is 54.5 Å². The summed E-state index contributed by atoms with van der Waals surface area (Å²) in [5, 5.41) is 0. The molecular formula is C11H8Br2INO. The normalized spacial score (nSPS) is 12.8. The molecule has 0 saturated carbocycles. The second-order valence-corrected chi connectivity index (χ2v) is 6.23. The fourth-order valence-electron chi connectivity index (χ4n) is 1.42. The van der Waals surface area contributed by atoms with Crippen LogP contribution in [0.4, 0.5) is 0 Å². The summed E-state index contributed by atoms with van der Waals surface area (Å²) in [6, 6.07) is 7.64. The standard InChI is InChI=1S/C11H8Br2INO/c12-8-2-1-6(14)5-7(8)10(15)11-9(13)3-4-16-11/h1-5,10H,15H2. The van der Waals surface area contributed by atoms with Crippen molar-refractivity contribution < 1.29 is 4.42 Å². The molecule has 0 aliphatic heterocycles. The van der Waals surface area contributed by atoms with Crippen molar-refractivity contribution in [2.75, 3.05) is 0 Å². The minimum atomic E-state index is -0.270. The van der Waals surface area contributed by atoms with Crippen LogP contribution in [0, 0.1) is 3.57 Å². The Bertz CT molecular complexity index is 512. The zero-order chi connectivity index (χ0) is 11.7. The van der Waals surface area contributed by atoms with Gasteiger partial charge in [-0.3, -0.25) is 0 Å². The van der Waals surface area contributed by atoms with Crippen LogP contribution in [0.15, 0.2) is 43.9 Å². The van der Waals surface area contributed by atoms with Gasteiger partial charge in [0.2, 0.25) is 0 Å². The van der Waals surface area contributed by atoms with Crippen molar-refractivity contribution in [2.45, 2.75) is 6.04 Å². The summed E-state index contributed by atoms with van der Waals surface area (Å²) in [4.78, 5) is 0. The molecule has 0 saturated heterocycles. The van der Waals surface area contributed by atoms with E-state index in [0.29, 0.717) is 0 Å². The number of rotatable bonds is 2. The number of furan rings is 1. The number of benzene rings is 1. The first kappa shape index (κ1) is 12.6. The van der Waals surface area contributed by atoms with Crippen LogP contribution < -0.4 is 5.73 Å². The number of halogens is 3. The highest BCUT2D eigenvalue weighted by Crippen LogP contribution is 2.32. The first-order valence-electron chi connectivity index (χ1n) is 4.53. The van der Waals surface area contributed by atoms with Gasteiger partial charge in [-0.15, -0.1) is 0 Å². The Hall–Kier alpha value is 0.150. The highest BCUT2D eigenvalue weighted by atomic mass is 127. The SMILES string of the molecule is NC(c1cc(I)ccc1Br)c1occc1Br. The van der Waals surface area contributed by atoms with Gasteiger partial charge in [0.1, 0.15) is 5.76 Å². The van der Waals surface area contributed by atoms with E-state index in [4.69, 9.17) is 10.2 Å². The fraction of sp³-hybridized carbons (Fsp3) is 0.0909. The molecule has 2 N–H and O–H groups in total. The first-order chi connectivity index (χ1) is 7.59. The smallest absolute Gasteiger partial charge is 0.139 e. The van der Waals surface area contributed by atoms with Crippen LogP contribution in [0.25, 0.3) is 0 Å². The van der Waals surface area contributed by atoms with Crippen LogP contribution in [-0.4, -0.2) is 0 Å². The van der Waals surface area contributed by atoms with Gasteiger partial charge in [0.25, 0.3) is 0 Å². The van der Waals surface area contributed by atoms with E-state index in [0.717, 1.165) is 23.8 Å². The summed E-state index contributed by atoms with van der Waals surface area (Å²) in [6.07, 6.45) is 1.63. The predicted molar refractivity (Wildman–Crippen MR) is 79.3 cm³/mol. The lowest BCUT2D eigenvalue weighted by molar-refractivity contribution is 0.487. The summed E-state index contributed by atoms with van der Waals surface area (Å²) in [5.74, 6) is 0.739. The lowest BCUT2D eigenvalue weighted by atomic mass is 10.1. The molecule has 16 heavy (non-hydrogen) atoms. The first-order valence-corrected chi connectivity index (χ1v) is 7.19. The summed E-state index contributed by atoms with van der Waals surface area (Å²) in [6.45, 7) is 0. The van der Waals surface area contributed by atoms with Gasteiger partial charge >= 0.3 is 0 Å². The van der Waals surface area contributed by atoms with E-state index in [-0.39, 0.29) is 6.04 Å². The Balaban J connectivity index is 2.45. The Labute approximate surface area is 124 Å². The molecule has 1 aromatic carbocycles. The molecule has 1 atom stereocenters. The van der Waals surface area contributed by atoms with E-state index in [1.54, 1.807) is 6.26 Å². The van der Waals surface area contributed by atoms with E-state index in [9.17, 15) is 0 Å². The van der Waals surface area contributed by atoms with Crippen molar-refractivity contribution in [3.63, 3.8) is 0 Å². The Kier molecular flexibility index (Phi) is 4.10. The predicted octanol–water partition coefficient (Wildman–Crippen LogP) is 4.46. The van der Waals surface area contributed by atoms with E-state index in [2.05, 4.69) is 54.5 Å². The maximum absolute atomic E-state index is 6.17. The average molecular weight is 457 g/mol. The highest BCUT2D eigenvalue weighted by molar-refractivity contribution is 14.1. The quantitative estimate of drug-likeness (QED) is 0.678. The average Bonchev–Trinajstić information content (AvgIpc) is 2.67. The van der Waals surface area contributed by atoms with Gasteiger partial charge in [0.15, 0.2) is 0 Å². The second-order valence-electron chi connectivity index (χ2n) is 3.28. The van der Waals surface area contributed by atoms with Gasteiger partial charge in [-0.25, -0.2) is 0 Å². The molecule has 2 nitrogen and oxygen atoms in total. The number of hydrogen-bond acceptors (Lipinski definition) is 2. The van der Waals surface area contributed by atoms with Crippen LogP contribution >= 0.6 is 54.5 Å². The minimum Gasteiger partial charge on any atom is -0.466 e. The Morgan fingerprint density at radius 1 is 1.19 bits per heavy atom. The van der Waals surface area contributed by atoms with Gasteiger partial charge in [-0.1, -0.05) is 15.9 Å². The van der Waals surface area contributed by atoms with Gasteiger partial charge in [0.05, 0.1) is 16.8 Å². The monoisotopic (exact) mass is 455 g/mol. The molecule has 0 amide bonds. The van der Waals surface area contributed by atoms with E-state index in [1.807, 2.05) is 24.3 Å². The Morgan fingerprint density at radius 3 is 2.56 bits per heavy atom. The molecule has 1 aromatic heterocycles. The fourth-order valence-corrected chi connectivity index (χ4v) is 2.88. The molecule has 0 spiro atoms. The van der Waals surface area contributed by atoms with Crippen LogP contribution in [-0.2, 0) is 0 Å². The summed E-state index contributed by atoms with van der Waals surface area (Å²) in [7, 11) is 0.